The van der Waals surface area contributed by atoms with Gasteiger partial charge >= 0.3 is 0 Å². The van der Waals surface area contributed by atoms with Gasteiger partial charge in [0.05, 0.1) is 0 Å². The fraction of sp³-hybridized carbons (Fsp3) is 0.588. The molecule has 2 rings (SSSR count). The van der Waals surface area contributed by atoms with Gasteiger partial charge in [-0.3, -0.25) is 4.99 Å². The third kappa shape index (κ3) is 5.44. The predicted octanol–water partition coefficient (Wildman–Crippen LogP) is 2.57. The molecule has 1 aromatic rings. The van der Waals surface area contributed by atoms with Crippen molar-refractivity contribution in [1.29, 1.82) is 0 Å². The maximum absolute atomic E-state index is 4.34. The molecule has 1 unspecified atom stereocenters. The van der Waals surface area contributed by atoms with Crippen LogP contribution in [0.2, 0.25) is 0 Å². The first-order valence-corrected chi connectivity index (χ1v) is 9.49. The van der Waals surface area contributed by atoms with Crippen LogP contribution in [-0.4, -0.2) is 50.7 Å². The second-order valence-electron chi connectivity index (χ2n) is 5.61. The van der Waals surface area contributed by atoms with Crippen molar-refractivity contribution in [3.63, 3.8) is 0 Å². The second kappa shape index (κ2) is 9.62. The Morgan fingerprint density at radius 1 is 1.32 bits per heavy atom. The van der Waals surface area contributed by atoms with Crippen LogP contribution in [0.15, 0.2) is 35.3 Å². The number of rotatable bonds is 7. The number of unbranched alkanes of at least 4 members (excludes halogenated alkanes) is 1. The van der Waals surface area contributed by atoms with E-state index in [2.05, 4.69) is 57.1 Å². The van der Waals surface area contributed by atoms with Crippen molar-refractivity contribution >= 4 is 23.4 Å². The molecule has 0 saturated carbocycles. The highest BCUT2D eigenvalue weighted by Gasteiger charge is 2.23. The number of para-hydroxylation sites is 1. The van der Waals surface area contributed by atoms with Crippen LogP contribution in [0.25, 0.3) is 0 Å². The van der Waals surface area contributed by atoms with E-state index in [1.54, 1.807) is 0 Å². The number of thioether (sulfide) groups is 1. The minimum absolute atomic E-state index is 0.470. The van der Waals surface area contributed by atoms with Crippen LogP contribution in [0.3, 0.4) is 0 Å². The molecule has 0 bridgehead atoms. The van der Waals surface area contributed by atoms with E-state index in [1.807, 2.05) is 18.8 Å². The first kappa shape index (κ1) is 17.0. The van der Waals surface area contributed by atoms with Gasteiger partial charge in [-0.05, 0) is 43.4 Å². The Hall–Kier alpha value is -1.36. The van der Waals surface area contributed by atoms with E-state index >= 15 is 0 Å². The molecule has 22 heavy (non-hydrogen) atoms. The summed E-state index contributed by atoms with van der Waals surface area (Å²) in [5.41, 5.74) is 1.31. The lowest BCUT2D eigenvalue weighted by Crippen LogP contribution is -2.44. The van der Waals surface area contributed by atoms with Gasteiger partial charge in [0, 0.05) is 38.4 Å². The number of hydrogen-bond donors (Lipinski definition) is 2. The zero-order chi connectivity index (χ0) is 15.6. The van der Waals surface area contributed by atoms with Crippen molar-refractivity contribution in [1.82, 2.24) is 10.6 Å². The fourth-order valence-electron chi connectivity index (χ4n) is 2.72. The van der Waals surface area contributed by atoms with E-state index in [0.717, 1.165) is 32.0 Å². The first-order chi connectivity index (χ1) is 10.8. The van der Waals surface area contributed by atoms with Gasteiger partial charge in [0.2, 0.25) is 0 Å². The predicted molar refractivity (Wildman–Crippen MR) is 99.2 cm³/mol. The average molecular weight is 321 g/mol. The molecule has 122 valence electrons. The molecule has 1 heterocycles. The summed E-state index contributed by atoms with van der Waals surface area (Å²) in [5, 5.41) is 6.97. The SMILES string of the molecule is CN=C(NCCCCSC)NC1CCN(c2ccccc2)C1. The van der Waals surface area contributed by atoms with Gasteiger partial charge in [0.1, 0.15) is 0 Å². The van der Waals surface area contributed by atoms with E-state index in [4.69, 9.17) is 0 Å². The molecular formula is C17H28N4S. The van der Waals surface area contributed by atoms with Gasteiger partial charge in [-0.15, -0.1) is 0 Å². The maximum Gasteiger partial charge on any atom is 0.191 e. The molecule has 2 N–H and O–H groups in total. The fourth-order valence-corrected chi connectivity index (χ4v) is 3.21. The smallest absolute Gasteiger partial charge is 0.191 e. The molecular weight excluding hydrogens is 292 g/mol. The summed E-state index contributed by atoms with van der Waals surface area (Å²) in [5.74, 6) is 2.17. The molecule has 1 aliphatic heterocycles. The number of aliphatic imine (C=N–C) groups is 1. The van der Waals surface area contributed by atoms with Crippen LogP contribution < -0.4 is 15.5 Å². The number of nitrogens with one attached hydrogen (secondary N) is 2. The molecule has 0 spiro atoms. The Morgan fingerprint density at radius 3 is 2.86 bits per heavy atom. The average Bonchev–Trinajstić information content (AvgIpc) is 3.03. The third-order valence-corrected chi connectivity index (χ3v) is 4.64. The molecule has 1 aromatic carbocycles. The maximum atomic E-state index is 4.34. The van der Waals surface area contributed by atoms with Crippen molar-refractivity contribution in [3.8, 4) is 0 Å². The number of nitrogens with zero attached hydrogens (tertiary/aromatic N) is 2. The molecule has 0 aliphatic carbocycles. The van der Waals surface area contributed by atoms with E-state index in [1.165, 1.54) is 24.3 Å². The lowest BCUT2D eigenvalue weighted by molar-refractivity contribution is 0.642. The lowest BCUT2D eigenvalue weighted by atomic mass is 10.2. The topological polar surface area (TPSA) is 39.7 Å². The van der Waals surface area contributed by atoms with Crippen molar-refractivity contribution in [2.24, 2.45) is 4.99 Å². The number of benzene rings is 1. The van der Waals surface area contributed by atoms with Crippen LogP contribution in [0, 0.1) is 0 Å². The van der Waals surface area contributed by atoms with E-state index < -0.39 is 0 Å². The second-order valence-corrected chi connectivity index (χ2v) is 6.60. The van der Waals surface area contributed by atoms with Crippen LogP contribution in [0.4, 0.5) is 5.69 Å². The molecule has 1 atom stereocenters. The molecule has 5 heteroatoms. The summed E-state index contributed by atoms with van der Waals surface area (Å²) in [4.78, 5) is 6.77. The van der Waals surface area contributed by atoms with Gasteiger partial charge in [0.15, 0.2) is 5.96 Å². The van der Waals surface area contributed by atoms with Gasteiger partial charge in [-0.25, -0.2) is 0 Å². The van der Waals surface area contributed by atoms with Crippen LogP contribution >= 0.6 is 11.8 Å². The van der Waals surface area contributed by atoms with Crippen molar-refractivity contribution in [2.45, 2.75) is 25.3 Å². The summed E-state index contributed by atoms with van der Waals surface area (Å²) in [6, 6.07) is 11.1. The van der Waals surface area contributed by atoms with E-state index in [-0.39, 0.29) is 0 Å². The Balaban J connectivity index is 1.71. The number of hydrogen-bond acceptors (Lipinski definition) is 3. The standard InChI is InChI=1S/C17H28N4S/c1-18-17(19-11-6-7-13-22-2)20-15-10-12-21(14-15)16-8-4-3-5-9-16/h3-5,8-9,15H,6-7,10-14H2,1-2H3,(H2,18,19,20). The third-order valence-electron chi connectivity index (χ3n) is 3.94. The Morgan fingerprint density at radius 2 is 2.14 bits per heavy atom. The molecule has 0 aromatic heterocycles. The molecule has 1 saturated heterocycles. The quantitative estimate of drug-likeness (QED) is 0.460. The van der Waals surface area contributed by atoms with Crippen LogP contribution in [0.5, 0.6) is 0 Å². The summed E-state index contributed by atoms with van der Waals surface area (Å²) in [6.07, 6.45) is 5.77. The van der Waals surface area contributed by atoms with Crippen molar-refractivity contribution < 1.29 is 0 Å². The van der Waals surface area contributed by atoms with Crippen molar-refractivity contribution in [3.05, 3.63) is 30.3 Å². The van der Waals surface area contributed by atoms with E-state index in [0.29, 0.717) is 6.04 Å². The first-order valence-electron chi connectivity index (χ1n) is 8.09. The molecule has 0 amide bonds. The highest BCUT2D eigenvalue weighted by molar-refractivity contribution is 7.98. The summed E-state index contributed by atoms with van der Waals surface area (Å²) >= 11 is 1.91. The lowest BCUT2D eigenvalue weighted by Gasteiger charge is -2.20. The van der Waals surface area contributed by atoms with Crippen molar-refractivity contribution in [2.75, 3.05) is 43.6 Å². The van der Waals surface area contributed by atoms with Crippen LogP contribution in [-0.2, 0) is 0 Å². The Bertz CT molecular complexity index is 449. The molecule has 0 radical (unpaired) electrons. The highest BCUT2D eigenvalue weighted by Crippen LogP contribution is 2.19. The minimum Gasteiger partial charge on any atom is -0.369 e. The van der Waals surface area contributed by atoms with Crippen LogP contribution in [0.1, 0.15) is 19.3 Å². The van der Waals surface area contributed by atoms with Gasteiger partial charge in [-0.1, -0.05) is 18.2 Å². The Labute approximate surface area is 138 Å². The van der Waals surface area contributed by atoms with Gasteiger partial charge in [0.25, 0.3) is 0 Å². The minimum atomic E-state index is 0.470. The number of anilines is 1. The van der Waals surface area contributed by atoms with Gasteiger partial charge in [-0.2, -0.15) is 11.8 Å². The normalized spacial score (nSPS) is 18.5. The monoisotopic (exact) mass is 320 g/mol. The number of guanidine groups is 1. The zero-order valence-electron chi connectivity index (χ0n) is 13.7. The highest BCUT2D eigenvalue weighted by atomic mass is 32.2. The summed E-state index contributed by atoms with van der Waals surface area (Å²) < 4.78 is 0. The van der Waals surface area contributed by atoms with Gasteiger partial charge < -0.3 is 15.5 Å². The van der Waals surface area contributed by atoms with E-state index in [9.17, 15) is 0 Å². The summed E-state index contributed by atoms with van der Waals surface area (Å²) in [6.45, 7) is 3.14. The molecule has 4 nitrogen and oxygen atoms in total. The molecule has 1 aliphatic rings. The largest absolute Gasteiger partial charge is 0.369 e. The molecule has 1 fully saturated rings. The summed E-state index contributed by atoms with van der Waals surface area (Å²) in [7, 11) is 1.85. The zero-order valence-corrected chi connectivity index (χ0v) is 14.5. The Kier molecular flexibility index (Phi) is 7.43.